The number of pyridine rings is 1. The molecule has 2 aromatic heterocycles. The van der Waals surface area contributed by atoms with Crippen LogP contribution in [-0.2, 0) is 0 Å². The molecule has 6 heteroatoms. The van der Waals surface area contributed by atoms with Crippen LogP contribution in [0.4, 0.5) is 5.13 Å². The van der Waals surface area contributed by atoms with Crippen molar-refractivity contribution in [3.8, 4) is 0 Å². The quantitative estimate of drug-likeness (QED) is 0.756. The standard InChI is InChI=1S/C17H15N3OS2/c1-11-6-5-7-13(10-11)22-16-12(2)19-17(23-16)20-15(21)14-8-3-4-9-18-14/h3-10H,1-2H3,(H,19,20,21). The molecule has 3 rings (SSSR count). The van der Waals surface area contributed by atoms with E-state index >= 15 is 0 Å². The SMILES string of the molecule is Cc1cccc(Sc2sc(NC(=O)c3ccccn3)nc2C)c1. The molecule has 0 unspecified atom stereocenters. The molecule has 2 heterocycles. The molecule has 0 aliphatic heterocycles. The van der Waals surface area contributed by atoms with Gasteiger partial charge in [-0.25, -0.2) is 4.98 Å². The van der Waals surface area contributed by atoms with Gasteiger partial charge >= 0.3 is 0 Å². The van der Waals surface area contributed by atoms with Gasteiger partial charge in [-0.3, -0.25) is 15.1 Å². The highest BCUT2D eigenvalue weighted by molar-refractivity contribution is 8.01. The van der Waals surface area contributed by atoms with Crippen molar-refractivity contribution in [1.82, 2.24) is 9.97 Å². The fraction of sp³-hybridized carbons (Fsp3) is 0.118. The summed E-state index contributed by atoms with van der Waals surface area (Å²) in [4.78, 5) is 21.8. The Hall–Kier alpha value is -2.18. The van der Waals surface area contributed by atoms with Crippen molar-refractivity contribution in [2.75, 3.05) is 5.32 Å². The van der Waals surface area contributed by atoms with Crippen LogP contribution in [0, 0.1) is 13.8 Å². The van der Waals surface area contributed by atoms with Crippen LogP contribution in [0.5, 0.6) is 0 Å². The van der Waals surface area contributed by atoms with E-state index in [9.17, 15) is 4.79 Å². The molecule has 0 aliphatic carbocycles. The van der Waals surface area contributed by atoms with Crippen molar-refractivity contribution in [2.45, 2.75) is 23.0 Å². The average Bonchev–Trinajstić information content (AvgIpc) is 2.87. The molecule has 0 saturated heterocycles. The van der Waals surface area contributed by atoms with E-state index in [0.717, 1.165) is 9.90 Å². The highest BCUT2D eigenvalue weighted by atomic mass is 32.2. The third-order valence-corrected chi connectivity index (χ3v) is 5.41. The number of hydrogen-bond donors (Lipinski definition) is 1. The lowest BCUT2D eigenvalue weighted by molar-refractivity contribution is 0.102. The van der Waals surface area contributed by atoms with Crippen LogP contribution in [-0.4, -0.2) is 15.9 Å². The minimum atomic E-state index is -0.244. The smallest absolute Gasteiger partial charge is 0.276 e. The lowest BCUT2D eigenvalue weighted by atomic mass is 10.2. The van der Waals surface area contributed by atoms with Crippen molar-refractivity contribution in [2.24, 2.45) is 0 Å². The van der Waals surface area contributed by atoms with Crippen LogP contribution >= 0.6 is 23.1 Å². The number of carbonyl (C=O) groups excluding carboxylic acids is 1. The van der Waals surface area contributed by atoms with Gasteiger partial charge in [-0.2, -0.15) is 0 Å². The molecule has 1 N–H and O–H groups in total. The molecule has 23 heavy (non-hydrogen) atoms. The molecular weight excluding hydrogens is 326 g/mol. The van der Waals surface area contributed by atoms with Gasteiger partial charge in [0, 0.05) is 11.1 Å². The molecule has 1 amide bonds. The van der Waals surface area contributed by atoms with Crippen LogP contribution in [0.2, 0.25) is 0 Å². The molecule has 3 aromatic rings. The molecule has 0 saturated carbocycles. The van der Waals surface area contributed by atoms with Crippen LogP contribution in [0.1, 0.15) is 21.7 Å². The molecule has 0 bridgehead atoms. The minimum Gasteiger partial charge on any atom is -0.296 e. The van der Waals surface area contributed by atoms with Gasteiger partial charge in [-0.15, -0.1) is 0 Å². The first-order chi connectivity index (χ1) is 11.1. The maximum Gasteiger partial charge on any atom is 0.276 e. The molecule has 116 valence electrons. The number of carbonyl (C=O) groups is 1. The van der Waals surface area contributed by atoms with Gasteiger partial charge in [0.25, 0.3) is 5.91 Å². The molecule has 0 fully saturated rings. The third-order valence-electron chi connectivity index (χ3n) is 3.07. The summed E-state index contributed by atoms with van der Waals surface area (Å²) >= 11 is 3.14. The Morgan fingerprint density at radius 3 is 2.78 bits per heavy atom. The van der Waals surface area contributed by atoms with Crippen LogP contribution in [0.25, 0.3) is 0 Å². The maximum absolute atomic E-state index is 12.1. The number of amides is 1. The number of nitrogens with zero attached hydrogens (tertiary/aromatic N) is 2. The van der Waals surface area contributed by atoms with E-state index in [0.29, 0.717) is 10.8 Å². The number of aromatic nitrogens is 2. The lowest BCUT2D eigenvalue weighted by Crippen LogP contribution is -2.13. The minimum absolute atomic E-state index is 0.244. The van der Waals surface area contributed by atoms with E-state index in [4.69, 9.17) is 0 Å². The third kappa shape index (κ3) is 3.97. The number of aryl methyl sites for hydroxylation is 2. The van der Waals surface area contributed by atoms with Gasteiger partial charge in [0.2, 0.25) is 0 Å². The Balaban J connectivity index is 1.75. The van der Waals surface area contributed by atoms with Crippen molar-refractivity contribution < 1.29 is 4.79 Å². The van der Waals surface area contributed by atoms with Crippen molar-refractivity contribution in [3.05, 3.63) is 65.6 Å². The number of hydrogen-bond acceptors (Lipinski definition) is 5. The van der Waals surface area contributed by atoms with E-state index in [1.54, 1.807) is 36.2 Å². The van der Waals surface area contributed by atoms with E-state index in [2.05, 4.69) is 40.4 Å². The van der Waals surface area contributed by atoms with Gasteiger partial charge in [0.15, 0.2) is 5.13 Å². The Morgan fingerprint density at radius 1 is 1.17 bits per heavy atom. The summed E-state index contributed by atoms with van der Waals surface area (Å²) in [6.45, 7) is 4.02. The van der Waals surface area contributed by atoms with Crippen LogP contribution < -0.4 is 5.32 Å². The lowest BCUT2D eigenvalue weighted by Gasteiger charge is -2.00. The van der Waals surface area contributed by atoms with Gasteiger partial charge < -0.3 is 0 Å². The first-order valence-corrected chi connectivity index (χ1v) is 8.69. The second-order valence-corrected chi connectivity index (χ2v) is 7.32. The molecule has 0 radical (unpaired) electrons. The predicted octanol–water partition coefficient (Wildman–Crippen LogP) is 4.56. The number of thiazole rings is 1. The molecular formula is C17H15N3OS2. The van der Waals surface area contributed by atoms with E-state index < -0.39 is 0 Å². The zero-order valence-corrected chi connectivity index (χ0v) is 14.4. The predicted molar refractivity (Wildman–Crippen MR) is 94.3 cm³/mol. The van der Waals surface area contributed by atoms with E-state index in [-0.39, 0.29) is 5.91 Å². The van der Waals surface area contributed by atoms with Crippen molar-refractivity contribution in [3.63, 3.8) is 0 Å². The Morgan fingerprint density at radius 2 is 2.04 bits per heavy atom. The summed E-state index contributed by atoms with van der Waals surface area (Å²) in [5.41, 5.74) is 2.52. The summed E-state index contributed by atoms with van der Waals surface area (Å²) < 4.78 is 1.08. The summed E-state index contributed by atoms with van der Waals surface area (Å²) in [6, 6.07) is 13.6. The summed E-state index contributed by atoms with van der Waals surface area (Å²) in [5.74, 6) is -0.244. The zero-order chi connectivity index (χ0) is 16.2. The fourth-order valence-corrected chi connectivity index (χ4v) is 4.16. The summed E-state index contributed by atoms with van der Waals surface area (Å²) in [6.07, 6.45) is 1.60. The normalized spacial score (nSPS) is 10.5. The average molecular weight is 341 g/mol. The topological polar surface area (TPSA) is 54.9 Å². The van der Waals surface area contributed by atoms with Gasteiger partial charge in [-0.05, 0) is 38.1 Å². The largest absolute Gasteiger partial charge is 0.296 e. The monoisotopic (exact) mass is 341 g/mol. The van der Waals surface area contributed by atoms with Gasteiger partial charge in [0.05, 0.1) is 9.90 Å². The second-order valence-electron chi connectivity index (χ2n) is 4.98. The highest BCUT2D eigenvalue weighted by Crippen LogP contribution is 2.37. The second kappa shape index (κ2) is 6.93. The highest BCUT2D eigenvalue weighted by Gasteiger charge is 2.13. The first-order valence-electron chi connectivity index (χ1n) is 7.06. The van der Waals surface area contributed by atoms with Gasteiger partial charge in [-0.1, -0.05) is 46.9 Å². The van der Waals surface area contributed by atoms with Crippen LogP contribution in [0.15, 0.2) is 57.8 Å². The Labute approximate surface area is 143 Å². The number of anilines is 1. The molecule has 0 atom stereocenters. The molecule has 0 spiro atoms. The summed E-state index contributed by atoms with van der Waals surface area (Å²) in [5, 5.41) is 3.40. The number of benzene rings is 1. The molecule has 0 aliphatic rings. The number of rotatable bonds is 4. The Bertz CT molecular complexity index is 831. The fourth-order valence-electron chi connectivity index (χ4n) is 1.97. The van der Waals surface area contributed by atoms with Crippen molar-refractivity contribution in [1.29, 1.82) is 0 Å². The summed E-state index contributed by atoms with van der Waals surface area (Å²) in [7, 11) is 0. The maximum atomic E-state index is 12.1. The van der Waals surface area contributed by atoms with Gasteiger partial charge in [0.1, 0.15) is 5.69 Å². The molecule has 1 aromatic carbocycles. The van der Waals surface area contributed by atoms with Crippen molar-refractivity contribution >= 4 is 34.1 Å². The number of nitrogens with one attached hydrogen (secondary N) is 1. The van der Waals surface area contributed by atoms with E-state index in [1.165, 1.54) is 21.8 Å². The van der Waals surface area contributed by atoms with E-state index in [1.807, 2.05) is 13.0 Å². The Kier molecular flexibility index (Phi) is 4.73. The first kappa shape index (κ1) is 15.7. The molecule has 4 nitrogen and oxygen atoms in total. The zero-order valence-electron chi connectivity index (χ0n) is 12.7. The van der Waals surface area contributed by atoms with Crippen LogP contribution in [0.3, 0.4) is 0 Å².